The monoisotopic (exact) mass is 487 g/mol. The van der Waals surface area contributed by atoms with Crippen LogP contribution in [0.1, 0.15) is 43.3 Å². The van der Waals surface area contributed by atoms with Crippen LogP contribution in [0.4, 0.5) is 5.69 Å². The average molecular weight is 488 g/mol. The molecule has 5 rings (SSSR count). The summed E-state index contributed by atoms with van der Waals surface area (Å²) in [5.74, 6) is -1.05. The minimum absolute atomic E-state index is 0.0818. The van der Waals surface area contributed by atoms with E-state index < -0.39 is 23.4 Å². The Labute approximate surface area is 207 Å². The van der Waals surface area contributed by atoms with Crippen molar-refractivity contribution < 1.29 is 18.8 Å². The summed E-state index contributed by atoms with van der Waals surface area (Å²) in [4.78, 5) is 46.9. The van der Waals surface area contributed by atoms with Crippen LogP contribution in [0.2, 0.25) is 0 Å². The number of anilines is 1. The van der Waals surface area contributed by atoms with E-state index in [0.29, 0.717) is 5.69 Å². The molecule has 178 valence electrons. The second-order valence-corrected chi connectivity index (χ2v) is 10.7. The molecule has 0 spiro atoms. The molecule has 2 aromatic carbocycles. The summed E-state index contributed by atoms with van der Waals surface area (Å²) in [5, 5.41) is 0.872. The number of aryl methyl sites for hydroxylation is 1. The van der Waals surface area contributed by atoms with Gasteiger partial charge in [0.05, 0.1) is 28.6 Å². The third-order valence-electron chi connectivity index (χ3n) is 6.02. The number of furan rings is 1. The lowest BCUT2D eigenvalue weighted by molar-refractivity contribution is -0.123. The Morgan fingerprint density at radius 3 is 2.51 bits per heavy atom. The number of rotatable bonds is 4. The molecule has 2 aromatic heterocycles. The number of carbonyl (C=O) groups is 3. The lowest BCUT2D eigenvalue weighted by Gasteiger charge is -2.38. The molecule has 1 fully saturated rings. The molecule has 1 aliphatic heterocycles. The SMILES string of the molecule is Cc1ccc2nc(-c3ccc(N4C(=O)CC(N(C(=O)c5ccco5)C(C)(C)C)C4=O)cc3)sc2c1. The topological polar surface area (TPSA) is 83.7 Å². The summed E-state index contributed by atoms with van der Waals surface area (Å²) in [6, 6.07) is 15.6. The summed E-state index contributed by atoms with van der Waals surface area (Å²) < 4.78 is 6.39. The fourth-order valence-electron chi connectivity index (χ4n) is 4.43. The Kier molecular flexibility index (Phi) is 5.56. The van der Waals surface area contributed by atoms with Crippen LogP contribution in [0.3, 0.4) is 0 Å². The maximum atomic E-state index is 13.5. The number of hydrogen-bond donors (Lipinski definition) is 0. The highest BCUT2D eigenvalue weighted by atomic mass is 32.1. The summed E-state index contributed by atoms with van der Waals surface area (Å²) in [6.07, 6.45) is 1.33. The van der Waals surface area contributed by atoms with Crippen molar-refractivity contribution in [2.75, 3.05) is 4.90 Å². The molecule has 3 amide bonds. The Hall–Kier alpha value is -3.78. The Morgan fingerprint density at radius 2 is 1.86 bits per heavy atom. The Balaban J connectivity index is 1.42. The average Bonchev–Trinajstić information content (AvgIpc) is 3.53. The Bertz CT molecular complexity index is 1430. The molecule has 8 heteroatoms. The van der Waals surface area contributed by atoms with Crippen LogP contribution in [0.25, 0.3) is 20.8 Å². The van der Waals surface area contributed by atoms with Gasteiger partial charge in [-0.3, -0.25) is 14.4 Å². The van der Waals surface area contributed by atoms with Gasteiger partial charge in [-0.2, -0.15) is 0 Å². The van der Waals surface area contributed by atoms with Gasteiger partial charge in [-0.1, -0.05) is 6.07 Å². The van der Waals surface area contributed by atoms with Crippen molar-refractivity contribution in [1.82, 2.24) is 9.88 Å². The number of carbonyl (C=O) groups excluding carboxylic acids is 3. The molecule has 0 radical (unpaired) electrons. The second kappa shape index (κ2) is 8.46. The lowest BCUT2D eigenvalue weighted by Crippen LogP contribution is -2.54. The lowest BCUT2D eigenvalue weighted by atomic mass is 10.0. The van der Waals surface area contributed by atoms with Gasteiger partial charge in [-0.15, -0.1) is 11.3 Å². The highest BCUT2D eigenvalue weighted by Gasteiger charge is 2.48. The largest absolute Gasteiger partial charge is 0.459 e. The highest BCUT2D eigenvalue weighted by Crippen LogP contribution is 2.34. The molecular formula is C27H25N3O4S. The molecule has 1 saturated heterocycles. The van der Waals surface area contributed by atoms with Gasteiger partial charge in [0.1, 0.15) is 11.0 Å². The summed E-state index contributed by atoms with van der Waals surface area (Å²) in [6.45, 7) is 7.56. The van der Waals surface area contributed by atoms with Crippen molar-refractivity contribution in [3.8, 4) is 10.6 Å². The zero-order valence-corrected chi connectivity index (χ0v) is 20.8. The van der Waals surface area contributed by atoms with Gasteiger partial charge in [0.25, 0.3) is 11.8 Å². The summed E-state index contributed by atoms with van der Waals surface area (Å²) >= 11 is 1.60. The number of amides is 3. The molecule has 3 heterocycles. The second-order valence-electron chi connectivity index (χ2n) is 9.65. The molecule has 0 bridgehead atoms. The number of imide groups is 1. The molecular weight excluding hydrogens is 462 g/mol. The number of benzene rings is 2. The van der Waals surface area contributed by atoms with E-state index in [1.807, 2.05) is 52.0 Å². The van der Waals surface area contributed by atoms with Crippen molar-refractivity contribution in [3.63, 3.8) is 0 Å². The van der Waals surface area contributed by atoms with Gasteiger partial charge in [-0.05, 0) is 81.8 Å². The first kappa shape index (κ1) is 23.0. The number of thiazole rings is 1. The normalized spacial score (nSPS) is 16.3. The van der Waals surface area contributed by atoms with E-state index in [-0.39, 0.29) is 18.1 Å². The van der Waals surface area contributed by atoms with Gasteiger partial charge in [0.2, 0.25) is 5.91 Å². The van der Waals surface area contributed by atoms with Crippen molar-refractivity contribution in [2.45, 2.75) is 45.7 Å². The van der Waals surface area contributed by atoms with Gasteiger partial charge < -0.3 is 9.32 Å². The van der Waals surface area contributed by atoms with Crippen molar-refractivity contribution >= 4 is 45.0 Å². The number of hydrogen-bond acceptors (Lipinski definition) is 6. The number of aromatic nitrogens is 1. The number of nitrogens with zero attached hydrogens (tertiary/aromatic N) is 3. The zero-order valence-electron chi connectivity index (χ0n) is 19.9. The van der Waals surface area contributed by atoms with Gasteiger partial charge >= 0.3 is 0 Å². The van der Waals surface area contributed by atoms with Gasteiger partial charge in [0.15, 0.2) is 5.76 Å². The van der Waals surface area contributed by atoms with Crippen LogP contribution in [-0.2, 0) is 9.59 Å². The minimum atomic E-state index is -0.910. The zero-order chi connectivity index (χ0) is 24.9. The Morgan fingerprint density at radius 1 is 1.11 bits per heavy atom. The van der Waals surface area contributed by atoms with Crippen LogP contribution in [0.5, 0.6) is 0 Å². The smallest absolute Gasteiger partial charge is 0.290 e. The minimum Gasteiger partial charge on any atom is -0.459 e. The maximum absolute atomic E-state index is 13.5. The van der Waals surface area contributed by atoms with Crippen molar-refractivity contribution in [3.05, 3.63) is 72.2 Å². The number of fused-ring (bicyclic) bond motifs is 1. The third kappa shape index (κ3) is 4.14. The fourth-order valence-corrected chi connectivity index (χ4v) is 5.50. The van der Waals surface area contributed by atoms with E-state index in [9.17, 15) is 14.4 Å². The molecule has 1 aliphatic rings. The van der Waals surface area contributed by atoms with E-state index in [4.69, 9.17) is 9.40 Å². The molecule has 0 aliphatic carbocycles. The van der Waals surface area contributed by atoms with Gasteiger partial charge in [0, 0.05) is 11.1 Å². The first-order valence-corrected chi connectivity index (χ1v) is 12.2. The van der Waals surface area contributed by atoms with Crippen molar-refractivity contribution in [1.29, 1.82) is 0 Å². The van der Waals surface area contributed by atoms with Crippen molar-refractivity contribution in [2.24, 2.45) is 0 Å². The van der Waals surface area contributed by atoms with Crippen LogP contribution < -0.4 is 4.90 Å². The predicted molar refractivity (Wildman–Crippen MR) is 135 cm³/mol. The van der Waals surface area contributed by atoms with E-state index in [2.05, 4.69) is 6.07 Å². The highest BCUT2D eigenvalue weighted by molar-refractivity contribution is 7.21. The molecule has 0 N–H and O–H groups in total. The van der Waals surface area contributed by atoms with Crippen LogP contribution in [0, 0.1) is 6.92 Å². The first-order chi connectivity index (χ1) is 16.6. The first-order valence-electron chi connectivity index (χ1n) is 11.3. The quantitative estimate of drug-likeness (QED) is 0.358. The fraction of sp³-hybridized carbons (Fsp3) is 0.259. The van der Waals surface area contributed by atoms with Crippen LogP contribution in [-0.4, -0.2) is 39.2 Å². The third-order valence-corrected chi connectivity index (χ3v) is 7.09. The standard InChI is InChI=1S/C27H25N3O4S/c1-16-7-12-19-22(14-16)35-24(28-19)17-8-10-18(11-9-17)29-23(31)15-20(25(29)32)30(27(2,3)4)26(33)21-6-5-13-34-21/h5-14,20H,15H2,1-4H3. The summed E-state index contributed by atoms with van der Waals surface area (Å²) in [5.41, 5.74) is 2.81. The molecule has 4 aromatic rings. The van der Waals surface area contributed by atoms with Crippen LogP contribution >= 0.6 is 11.3 Å². The molecule has 35 heavy (non-hydrogen) atoms. The van der Waals surface area contributed by atoms with E-state index in [0.717, 1.165) is 20.8 Å². The van der Waals surface area contributed by atoms with E-state index in [1.54, 1.807) is 35.6 Å². The molecule has 7 nitrogen and oxygen atoms in total. The summed E-state index contributed by atoms with van der Waals surface area (Å²) in [7, 11) is 0. The molecule has 1 atom stereocenters. The maximum Gasteiger partial charge on any atom is 0.290 e. The van der Waals surface area contributed by atoms with Gasteiger partial charge in [-0.25, -0.2) is 9.88 Å². The predicted octanol–water partition coefficient (Wildman–Crippen LogP) is 5.44. The molecule has 1 unspecified atom stereocenters. The molecule has 0 saturated carbocycles. The van der Waals surface area contributed by atoms with E-state index in [1.165, 1.54) is 21.6 Å². The van der Waals surface area contributed by atoms with E-state index >= 15 is 0 Å². The van der Waals surface area contributed by atoms with Crippen LogP contribution in [0.15, 0.2) is 65.3 Å².